The van der Waals surface area contributed by atoms with Gasteiger partial charge in [0.1, 0.15) is 22.7 Å². The Morgan fingerprint density at radius 3 is 2.71 bits per heavy atom. The number of benzene rings is 1. The van der Waals surface area contributed by atoms with Crippen molar-refractivity contribution in [2.75, 3.05) is 32.6 Å². The van der Waals surface area contributed by atoms with Crippen LogP contribution in [0.25, 0.3) is 21.3 Å². The SMILES string of the molecule is CNC(=O)CN(C)c1ncnc2scc(-c3ccc(OC)cc3)c12. The average molecular weight is 342 g/mol. The van der Waals surface area contributed by atoms with Crippen LogP contribution < -0.4 is 15.0 Å². The number of aromatic nitrogens is 2. The van der Waals surface area contributed by atoms with Gasteiger partial charge in [-0.1, -0.05) is 12.1 Å². The van der Waals surface area contributed by atoms with E-state index in [1.807, 2.05) is 36.2 Å². The molecule has 0 fully saturated rings. The number of anilines is 1. The van der Waals surface area contributed by atoms with E-state index in [4.69, 9.17) is 4.74 Å². The van der Waals surface area contributed by atoms with Crippen LogP contribution in [0.1, 0.15) is 0 Å². The molecule has 2 aromatic heterocycles. The Bertz CT molecular complexity index is 861. The smallest absolute Gasteiger partial charge is 0.239 e. The average Bonchev–Trinajstić information content (AvgIpc) is 3.05. The molecular formula is C17H18N4O2S. The number of rotatable bonds is 5. The summed E-state index contributed by atoms with van der Waals surface area (Å²) >= 11 is 1.57. The van der Waals surface area contributed by atoms with Gasteiger partial charge in [-0.25, -0.2) is 9.97 Å². The standard InChI is InChI=1S/C17H18N4O2S/c1-18-14(22)8-21(2)16-15-13(9-24-17(15)20-10-19-16)11-4-6-12(23-3)7-5-11/h4-7,9-10H,8H2,1-3H3,(H,18,22). The minimum absolute atomic E-state index is 0.0644. The lowest BCUT2D eigenvalue weighted by Gasteiger charge is -2.18. The normalized spacial score (nSPS) is 10.6. The van der Waals surface area contributed by atoms with Crippen molar-refractivity contribution < 1.29 is 9.53 Å². The third kappa shape index (κ3) is 3.03. The van der Waals surface area contributed by atoms with Crippen molar-refractivity contribution in [2.24, 2.45) is 0 Å². The van der Waals surface area contributed by atoms with Gasteiger partial charge in [0.2, 0.25) is 5.91 Å². The molecule has 1 amide bonds. The monoisotopic (exact) mass is 342 g/mol. The fraction of sp³-hybridized carbons (Fsp3) is 0.235. The Kier molecular flexibility index (Phi) is 4.61. The van der Waals surface area contributed by atoms with Crippen LogP contribution in [-0.4, -0.2) is 43.6 Å². The highest BCUT2D eigenvalue weighted by molar-refractivity contribution is 7.17. The van der Waals surface area contributed by atoms with E-state index in [0.29, 0.717) is 0 Å². The third-order valence-electron chi connectivity index (χ3n) is 3.77. The molecule has 0 aliphatic carbocycles. The first kappa shape index (κ1) is 16.2. The summed E-state index contributed by atoms with van der Waals surface area (Å²) in [5, 5.41) is 5.66. The zero-order valence-corrected chi connectivity index (χ0v) is 14.6. The number of hydrogen-bond acceptors (Lipinski definition) is 6. The third-order valence-corrected chi connectivity index (χ3v) is 4.66. The summed E-state index contributed by atoms with van der Waals surface area (Å²) in [6, 6.07) is 7.87. The van der Waals surface area contributed by atoms with E-state index in [0.717, 1.165) is 32.9 Å². The zero-order chi connectivity index (χ0) is 17.1. The maximum Gasteiger partial charge on any atom is 0.239 e. The van der Waals surface area contributed by atoms with E-state index in [1.165, 1.54) is 6.33 Å². The van der Waals surface area contributed by atoms with Crippen LogP contribution in [0.15, 0.2) is 36.0 Å². The van der Waals surface area contributed by atoms with Crippen LogP contribution in [0.3, 0.4) is 0 Å². The van der Waals surface area contributed by atoms with Gasteiger partial charge in [-0.15, -0.1) is 11.3 Å². The van der Waals surface area contributed by atoms with Crippen LogP contribution in [0.4, 0.5) is 5.82 Å². The topological polar surface area (TPSA) is 67.4 Å². The molecule has 0 unspecified atom stereocenters. The van der Waals surface area contributed by atoms with E-state index in [-0.39, 0.29) is 12.5 Å². The highest BCUT2D eigenvalue weighted by atomic mass is 32.1. The first-order valence-corrected chi connectivity index (χ1v) is 8.30. The first-order valence-electron chi connectivity index (χ1n) is 7.42. The van der Waals surface area contributed by atoms with Gasteiger partial charge in [-0.05, 0) is 17.7 Å². The lowest BCUT2D eigenvalue weighted by atomic mass is 10.1. The van der Waals surface area contributed by atoms with Crippen molar-refractivity contribution in [2.45, 2.75) is 0 Å². The maximum atomic E-state index is 11.7. The van der Waals surface area contributed by atoms with Gasteiger partial charge >= 0.3 is 0 Å². The number of likely N-dealkylation sites (N-methyl/N-ethyl adjacent to an activating group) is 2. The summed E-state index contributed by atoms with van der Waals surface area (Å²) < 4.78 is 5.22. The van der Waals surface area contributed by atoms with Crippen LogP contribution in [0.2, 0.25) is 0 Å². The van der Waals surface area contributed by atoms with Gasteiger partial charge in [-0.2, -0.15) is 0 Å². The molecule has 2 heterocycles. The maximum absolute atomic E-state index is 11.7. The summed E-state index contributed by atoms with van der Waals surface area (Å²) in [5.41, 5.74) is 2.11. The van der Waals surface area contributed by atoms with Gasteiger partial charge in [0, 0.05) is 25.0 Å². The fourth-order valence-corrected chi connectivity index (χ4v) is 3.41. The van der Waals surface area contributed by atoms with Crippen LogP contribution in [0.5, 0.6) is 5.75 Å². The molecule has 24 heavy (non-hydrogen) atoms. The molecular weight excluding hydrogens is 324 g/mol. The summed E-state index contributed by atoms with van der Waals surface area (Å²) in [4.78, 5) is 23.2. The van der Waals surface area contributed by atoms with E-state index in [1.54, 1.807) is 25.5 Å². The number of ether oxygens (including phenoxy) is 1. The van der Waals surface area contributed by atoms with E-state index in [2.05, 4.69) is 20.7 Å². The van der Waals surface area contributed by atoms with Crippen molar-refractivity contribution in [3.63, 3.8) is 0 Å². The lowest BCUT2D eigenvalue weighted by molar-refractivity contribution is -0.119. The molecule has 3 rings (SSSR count). The number of hydrogen-bond donors (Lipinski definition) is 1. The summed E-state index contributed by atoms with van der Waals surface area (Å²) in [5.74, 6) is 1.49. The molecule has 0 bridgehead atoms. The summed E-state index contributed by atoms with van der Waals surface area (Å²) in [6.45, 7) is 0.237. The fourth-order valence-electron chi connectivity index (χ4n) is 2.50. The van der Waals surface area contributed by atoms with Crippen molar-refractivity contribution in [3.05, 3.63) is 36.0 Å². The molecule has 0 radical (unpaired) electrons. The number of carbonyl (C=O) groups excluding carboxylic acids is 1. The second-order valence-corrected chi connectivity index (χ2v) is 6.14. The van der Waals surface area contributed by atoms with Gasteiger partial charge in [0.15, 0.2) is 0 Å². The number of nitrogens with zero attached hydrogens (tertiary/aromatic N) is 3. The predicted molar refractivity (Wildman–Crippen MR) is 96.7 cm³/mol. The van der Waals surface area contributed by atoms with Crippen LogP contribution >= 0.6 is 11.3 Å². The summed E-state index contributed by atoms with van der Waals surface area (Å²) in [7, 11) is 5.13. The number of nitrogens with one attached hydrogen (secondary N) is 1. The molecule has 0 saturated heterocycles. The molecule has 0 atom stereocenters. The summed E-state index contributed by atoms with van der Waals surface area (Å²) in [6.07, 6.45) is 1.53. The zero-order valence-electron chi connectivity index (χ0n) is 13.7. The quantitative estimate of drug-likeness (QED) is 0.772. The van der Waals surface area contributed by atoms with Crippen molar-refractivity contribution in [1.82, 2.24) is 15.3 Å². The molecule has 0 aliphatic heterocycles. The molecule has 3 aromatic rings. The lowest BCUT2D eigenvalue weighted by Crippen LogP contribution is -2.33. The highest BCUT2D eigenvalue weighted by Gasteiger charge is 2.17. The molecule has 0 saturated carbocycles. The Labute approximate surface area is 144 Å². The van der Waals surface area contributed by atoms with Crippen LogP contribution in [0, 0.1) is 0 Å². The number of amides is 1. The second-order valence-electron chi connectivity index (χ2n) is 5.28. The molecule has 7 heteroatoms. The van der Waals surface area contributed by atoms with Crippen molar-refractivity contribution in [1.29, 1.82) is 0 Å². The number of fused-ring (bicyclic) bond motifs is 1. The van der Waals surface area contributed by atoms with Crippen LogP contribution in [-0.2, 0) is 4.79 Å². The Morgan fingerprint density at radius 1 is 1.29 bits per heavy atom. The van der Waals surface area contributed by atoms with Gasteiger partial charge in [0.25, 0.3) is 0 Å². The Morgan fingerprint density at radius 2 is 2.04 bits per heavy atom. The molecule has 0 aliphatic rings. The van der Waals surface area contributed by atoms with E-state index < -0.39 is 0 Å². The Balaban J connectivity index is 2.07. The molecule has 6 nitrogen and oxygen atoms in total. The van der Waals surface area contributed by atoms with Gasteiger partial charge < -0.3 is 15.0 Å². The first-order chi connectivity index (χ1) is 11.6. The molecule has 1 aromatic carbocycles. The van der Waals surface area contributed by atoms with Crippen molar-refractivity contribution >= 4 is 33.3 Å². The highest BCUT2D eigenvalue weighted by Crippen LogP contribution is 2.37. The molecule has 0 spiro atoms. The van der Waals surface area contributed by atoms with Crippen molar-refractivity contribution in [3.8, 4) is 16.9 Å². The number of thiophene rings is 1. The minimum Gasteiger partial charge on any atom is -0.497 e. The van der Waals surface area contributed by atoms with E-state index in [9.17, 15) is 4.79 Å². The number of methoxy groups -OCH3 is 1. The van der Waals surface area contributed by atoms with E-state index >= 15 is 0 Å². The van der Waals surface area contributed by atoms with Gasteiger partial charge in [0.05, 0.1) is 19.0 Å². The van der Waals surface area contributed by atoms with Gasteiger partial charge in [-0.3, -0.25) is 4.79 Å². The minimum atomic E-state index is -0.0644. The Hall–Kier alpha value is -2.67. The predicted octanol–water partition coefficient (Wildman–Crippen LogP) is 2.55. The largest absolute Gasteiger partial charge is 0.497 e. The molecule has 124 valence electrons. The second kappa shape index (κ2) is 6.84. The number of carbonyl (C=O) groups is 1. The molecule has 1 N–H and O–H groups in total.